The van der Waals surface area contributed by atoms with Gasteiger partial charge in [0.2, 0.25) is 5.91 Å². The molecule has 3 rings (SSSR count). The third-order valence-electron chi connectivity index (χ3n) is 3.75. The summed E-state index contributed by atoms with van der Waals surface area (Å²) in [6, 6.07) is 3.37. The van der Waals surface area contributed by atoms with Crippen LogP contribution < -0.4 is 4.90 Å². The smallest absolute Gasteiger partial charge is 0.233 e. The SMILES string of the molecule is O=C(CSc1ccc(F)cc1F)N1CCN(c2cnccn2)CC1. The van der Waals surface area contributed by atoms with Crippen LogP contribution in [0.5, 0.6) is 0 Å². The van der Waals surface area contributed by atoms with Gasteiger partial charge < -0.3 is 9.80 Å². The van der Waals surface area contributed by atoms with Gasteiger partial charge in [0.1, 0.15) is 17.5 Å². The summed E-state index contributed by atoms with van der Waals surface area (Å²) in [5.74, 6) is -0.383. The minimum absolute atomic E-state index is 0.0532. The van der Waals surface area contributed by atoms with Crippen LogP contribution in [0.1, 0.15) is 0 Å². The van der Waals surface area contributed by atoms with Crippen LogP contribution >= 0.6 is 11.8 Å². The van der Waals surface area contributed by atoms with Gasteiger partial charge in [0.25, 0.3) is 0 Å². The molecule has 0 atom stereocenters. The number of piperazine rings is 1. The number of nitrogens with zero attached hydrogens (tertiary/aromatic N) is 4. The van der Waals surface area contributed by atoms with Crippen LogP contribution in [0.25, 0.3) is 0 Å². The number of hydrogen-bond acceptors (Lipinski definition) is 5. The van der Waals surface area contributed by atoms with E-state index in [0.717, 1.165) is 23.6 Å². The summed E-state index contributed by atoms with van der Waals surface area (Å²) >= 11 is 1.09. The Morgan fingerprint density at radius 1 is 1.17 bits per heavy atom. The molecule has 0 radical (unpaired) electrons. The van der Waals surface area contributed by atoms with Gasteiger partial charge in [-0.3, -0.25) is 9.78 Å². The van der Waals surface area contributed by atoms with E-state index in [0.29, 0.717) is 26.2 Å². The first-order chi connectivity index (χ1) is 11.6. The van der Waals surface area contributed by atoms with Gasteiger partial charge in [0.05, 0.1) is 11.9 Å². The Labute approximate surface area is 142 Å². The van der Waals surface area contributed by atoms with E-state index in [2.05, 4.69) is 14.9 Å². The zero-order valence-electron chi connectivity index (χ0n) is 12.9. The van der Waals surface area contributed by atoms with Gasteiger partial charge in [-0.1, -0.05) is 0 Å². The van der Waals surface area contributed by atoms with Gasteiger partial charge in [0, 0.05) is 49.5 Å². The number of carbonyl (C=O) groups is 1. The monoisotopic (exact) mass is 350 g/mol. The van der Waals surface area contributed by atoms with E-state index in [1.165, 1.54) is 12.1 Å². The maximum atomic E-state index is 13.6. The van der Waals surface area contributed by atoms with Gasteiger partial charge in [-0.25, -0.2) is 13.8 Å². The summed E-state index contributed by atoms with van der Waals surface area (Å²) < 4.78 is 26.5. The summed E-state index contributed by atoms with van der Waals surface area (Å²) in [5.41, 5.74) is 0. The summed E-state index contributed by atoms with van der Waals surface area (Å²) in [6.45, 7) is 2.53. The highest BCUT2D eigenvalue weighted by Gasteiger charge is 2.22. The normalized spacial score (nSPS) is 14.8. The molecule has 0 N–H and O–H groups in total. The minimum atomic E-state index is -0.639. The van der Waals surface area contributed by atoms with E-state index in [-0.39, 0.29) is 16.6 Å². The predicted molar refractivity (Wildman–Crippen MR) is 87.9 cm³/mol. The summed E-state index contributed by atoms with van der Waals surface area (Å²) in [6.07, 6.45) is 4.96. The second-order valence-electron chi connectivity index (χ2n) is 5.29. The standard InChI is InChI=1S/C16H16F2N4OS/c17-12-1-2-14(13(18)9-12)24-11-16(23)22-7-5-21(6-8-22)15-10-19-3-4-20-15/h1-4,9-10H,5-8,11H2. The lowest BCUT2D eigenvalue weighted by Crippen LogP contribution is -2.49. The first kappa shape index (κ1) is 16.6. The average Bonchev–Trinajstić information content (AvgIpc) is 2.62. The molecule has 1 saturated heterocycles. The van der Waals surface area contributed by atoms with Crippen molar-refractivity contribution in [3.05, 3.63) is 48.4 Å². The van der Waals surface area contributed by atoms with Crippen LogP contribution in [0.2, 0.25) is 0 Å². The Morgan fingerprint density at radius 2 is 1.96 bits per heavy atom. The molecule has 0 spiro atoms. The predicted octanol–water partition coefficient (Wildman–Crippen LogP) is 2.20. The van der Waals surface area contributed by atoms with Crippen molar-refractivity contribution >= 4 is 23.5 Å². The number of carbonyl (C=O) groups excluding carboxylic acids is 1. The van der Waals surface area contributed by atoms with Gasteiger partial charge in [-0.2, -0.15) is 0 Å². The van der Waals surface area contributed by atoms with E-state index in [1.807, 2.05) is 0 Å². The van der Waals surface area contributed by atoms with E-state index in [9.17, 15) is 13.6 Å². The molecule has 1 fully saturated rings. The van der Waals surface area contributed by atoms with Gasteiger partial charge in [-0.15, -0.1) is 11.8 Å². The van der Waals surface area contributed by atoms with Gasteiger partial charge in [-0.05, 0) is 12.1 Å². The lowest BCUT2D eigenvalue weighted by atomic mass is 10.3. The second-order valence-corrected chi connectivity index (χ2v) is 6.31. The summed E-state index contributed by atoms with van der Waals surface area (Å²) in [4.78, 5) is 24.6. The van der Waals surface area contributed by atoms with Crippen molar-refractivity contribution < 1.29 is 13.6 Å². The molecule has 0 bridgehead atoms. The highest BCUT2D eigenvalue weighted by molar-refractivity contribution is 8.00. The van der Waals surface area contributed by atoms with Crippen LogP contribution in [-0.2, 0) is 4.79 Å². The average molecular weight is 350 g/mol. The Bertz CT molecular complexity index is 708. The molecule has 0 saturated carbocycles. The minimum Gasteiger partial charge on any atom is -0.352 e. The topological polar surface area (TPSA) is 49.3 Å². The molecule has 2 aromatic rings. The molecule has 1 aliphatic rings. The number of aromatic nitrogens is 2. The number of halogens is 2. The Kier molecular flexibility index (Phi) is 5.24. The van der Waals surface area contributed by atoms with Crippen LogP contribution in [0.15, 0.2) is 41.7 Å². The van der Waals surface area contributed by atoms with Gasteiger partial charge in [0.15, 0.2) is 0 Å². The molecule has 1 aromatic carbocycles. The number of benzene rings is 1. The van der Waals surface area contributed by atoms with E-state index in [4.69, 9.17) is 0 Å². The number of hydrogen-bond donors (Lipinski definition) is 0. The fraction of sp³-hybridized carbons (Fsp3) is 0.312. The highest BCUT2D eigenvalue weighted by Crippen LogP contribution is 2.23. The first-order valence-corrected chi connectivity index (χ1v) is 8.48. The second kappa shape index (κ2) is 7.57. The van der Waals surface area contributed by atoms with E-state index < -0.39 is 11.6 Å². The van der Waals surface area contributed by atoms with Crippen molar-refractivity contribution in [3.63, 3.8) is 0 Å². The Hall–Kier alpha value is -2.22. The number of rotatable bonds is 4. The molecule has 2 heterocycles. The molecule has 0 aliphatic carbocycles. The van der Waals surface area contributed by atoms with Crippen LogP contribution in [0, 0.1) is 11.6 Å². The van der Waals surface area contributed by atoms with Gasteiger partial charge >= 0.3 is 0 Å². The van der Waals surface area contributed by atoms with E-state index >= 15 is 0 Å². The third kappa shape index (κ3) is 4.00. The fourth-order valence-electron chi connectivity index (χ4n) is 2.46. The zero-order chi connectivity index (χ0) is 16.9. The molecular weight excluding hydrogens is 334 g/mol. The molecule has 0 unspecified atom stereocenters. The molecule has 1 aromatic heterocycles. The van der Waals surface area contributed by atoms with Crippen LogP contribution in [0.4, 0.5) is 14.6 Å². The maximum absolute atomic E-state index is 13.6. The van der Waals surface area contributed by atoms with Crippen LogP contribution in [0.3, 0.4) is 0 Å². The molecule has 8 heteroatoms. The van der Waals surface area contributed by atoms with Crippen molar-refractivity contribution in [2.75, 3.05) is 36.8 Å². The Morgan fingerprint density at radius 3 is 2.62 bits per heavy atom. The lowest BCUT2D eigenvalue weighted by molar-refractivity contribution is -0.128. The van der Waals surface area contributed by atoms with E-state index in [1.54, 1.807) is 23.5 Å². The molecule has 1 aliphatic heterocycles. The number of anilines is 1. The molecule has 1 amide bonds. The Balaban J connectivity index is 1.50. The molecule has 5 nitrogen and oxygen atoms in total. The van der Waals surface area contributed by atoms with Crippen molar-refractivity contribution in [3.8, 4) is 0 Å². The fourth-order valence-corrected chi connectivity index (χ4v) is 3.29. The molecule has 126 valence electrons. The maximum Gasteiger partial charge on any atom is 0.233 e. The van der Waals surface area contributed by atoms with Crippen LogP contribution in [-0.4, -0.2) is 52.7 Å². The zero-order valence-corrected chi connectivity index (χ0v) is 13.7. The highest BCUT2D eigenvalue weighted by atomic mass is 32.2. The number of thioether (sulfide) groups is 1. The first-order valence-electron chi connectivity index (χ1n) is 7.50. The molecule has 24 heavy (non-hydrogen) atoms. The summed E-state index contributed by atoms with van der Waals surface area (Å²) in [5, 5.41) is 0. The van der Waals surface area contributed by atoms with Crippen molar-refractivity contribution in [2.45, 2.75) is 4.90 Å². The third-order valence-corrected chi connectivity index (χ3v) is 4.78. The van der Waals surface area contributed by atoms with Crippen molar-refractivity contribution in [2.24, 2.45) is 0 Å². The number of amides is 1. The summed E-state index contributed by atoms with van der Waals surface area (Å²) in [7, 11) is 0. The quantitative estimate of drug-likeness (QED) is 0.791. The largest absolute Gasteiger partial charge is 0.352 e. The lowest BCUT2D eigenvalue weighted by Gasteiger charge is -2.35. The molecular formula is C16H16F2N4OS. The van der Waals surface area contributed by atoms with Crippen molar-refractivity contribution in [1.29, 1.82) is 0 Å². The van der Waals surface area contributed by atoms with Crippen molar-refractivity contribution in [1.82, 2.24) is 14.9 Å².